The van der Waals surface area contributed by atoms with Crippen molar-refractivity contribution >= 4 is 11.6 Å². The van der Waals surface area contributed by atoms with Gasteiger partial charge in [-0.25, -0.2) is 0 Å². The van der Waals surface area contributed by atoms with Crippen LogP contribution in [0.2, 0.25) is 5.02 Å². The van der Waals surface area contributed by atoms with Crippen LogP contribution in [0.4, 0.5) is 0 Å². The summed E-state index contributed by atoms with van der Waals surface area (Å²) in [6, 6.07) is 6.73. The molecule has 0 bridgehead atoms. The van der Waals surface area contributed by atoms with Crippen LogP contribution < -0.4 is 5.73 Å². The second-order valence-corrected chi connectivity index (χ2v) is 7.86. The molecule has 0 heterocycles. The lowest BCUT2D eigenvalue weighted by molar-refractivity contribution is 0.113. The van der Waals surface area contributed by atoms with E-state index in [1.54, 1.807) is 0 Å². The molecule has 0 aromatic heterocycles. The molecule has 0 aliphatic heterocycles. The van der Waals surface area contributed by atoms with Crippen molar-refractivity contribution in [3.8, 4) is 0 Å². The summed E-state index contributed by atoms with van der Waals surface area (Å²) < 4.78 is 0. The van der Waals surface area contributed by atoms with E-state index in [9.17, 15) is 0 Å². The normalized spacial score (nSPS) is 27.6. The number of rotatable bonds is 3. The SMILES string of the molecule is Cc1ccc(CC(C)(C)C2CCC(C)CC2N)c(Cl)c1. The average molecular weight is 294 g/mol. The minimum absolute atomic E-state index is 0.207. The first-order chi connectivity index (χ1) is 9.29. The molecule has 1 aromatic carbocycles. The zero-order valence-electron chi connectivity index (χ0n) is 13.2. The third-order valence-corrected chi connectivity index (χ3v) is 5.37. The van der Waals surface area contributed by atoms with Gasteiger partial charge in [0.1, 0.15) is 0 Å². The summed E-state index contributed by atoms with van der Waals surface area (Å²) in [6.45, 7) is 9.10. The van der Waals surface area contributed by atoms with Crippen molar-refractivity contribution in [3.63, 3.8) is 0 Å². The molecule has 20 heavy (non-hydrogen) atoms. The molecule has 2 rings (SSSR count). The molecule has 0 radical (unpaired) electrons. The van der Waals surface area contributed by atoms with Gasteiger partial charge in [0.05, 0.1) is 0 Å². The molecule has 112 valence electrons. The lowest BCUT2D eigenvalue weighted by Gasteiger charge is -2.43. The minimum atomic E-state index is 0.207. The van der Waals surface area contributed by atoms with E-state index >= 15 is 0 Å². The van der Waals surface area contributed by atoms with Crippen LogP contribution >= 0.6 is 11.6 Å². The highest BCUT2D eigenvalue weighted by atomic mass is 35.5. The average Bonchev–Trinajstić information content (AvgIpc) is 2.32. The molecule has 3 atom stereocenters. The molecule has 1 aromatic rings. The molecule has 0 amide bonds. The number of nitrogens with two attached hydrogens (primary N) is 1. The molecule has 2 heteroatoms. The predicted octanol–water partition coefficient (Wildman–Crippen LogP) is 4.98. The molecule has 1 aliphatic rings. The highest BCUT2D eigenvalue weighted by molar-refractivity contribution is 6.31. The van der Waals surface area contributed by atoms with Gasteiger partial charge in [0.15, 0.2) is 0 Å². The summed E-state index contributed by atoms with van der Waals surface area (Å²) in [5.74, 6) is 1.37. The van der Waals surface area contributed by atoms with Crippen LogP contribution in [-0.4, -0.2) is 6.04 Å². The third kappa shape index (κ3) is 3.56. The van der Waals surface area contributed by atoms with Crippen molar-refractivity contribution < 1.29 is 0 Å². The maximum absolute atomic E-state index is 6.44. The summed E-state index contributed by atoms with van der Waals surface area (Å²) >= 11 is 6.40. The van der Waals surface area contributed by atoms with Gasteiger partial charge >= 0.3 is 0 Å². The number of halogens is 1. The monoisotopic (exact) mass is 293 g/mol. The lowest BCUT2D eigenvalue weighted by Crippen LogP contribution is -2.44. The van der Waals surface area contributed by atoms with Gasteiger partial charge in [0.25, 0.3) is 0 Å². The molecule has 1 nitrogen and oxygen atoms in total. The van der Waals surface area contributed by atoms with E-state index in [0.717, 1.165) is 23.8 Å². The van der Waals surface area contributed by atoms with Crippen molar-refractivity contribution in [1.82, 2.24) is 0 Å². The van der Waals surface area contributed by atoms with Gasteiger partial charge in [-0.2, -0.15) is 0 Å². The molecule has 1 fully saturated rings. The Morgan fingerprint density at radius 2 is 2.00 bits per heavy atom. The van der Waals surface area contributed by atoms with E-state index in [-0.39, 0.29) is 5.41 Å². The standard InChI is InChI=1S/C18H28ClN/c1-12-5-7-14(16(19)9-12)11-18(3,4)15-8-6-13(2)10-17(15)20/h5,7,9,13,15,17H,6,8,10-11,20H2,1-4H3. The van der Waals surface area contributed by atoms with Crippen LogP contribution in [0.5, 0.6) is 0 Å². The van der Waals surface area contributed by atoms with Gasteiger partial charge in [-0.1, -0.05) is 50.9 Å². The summed E-state index contributed by atoms with van der Waals surface area (Å²) in [6.07, 6.45) is 4.73. The number of hydrogen-bond acceptors (Lipinski definition) is 1. The Kier molecular flexibility index (Phi) is 4.81. The number of aryl methyl sites for hydroxylation is 1. The largest absolute Gasteiger partial charge is 0.327 e. The van der Waals surface area contributed by atoms with E-state index in [4.69, 9.17) is 17.3 Å². The van der Waals surface area contributed by atoms with Crippen molar-refractivity contribution in [2.45, 2.75) is 59.4 Å². The summed E-state index contributed by atoms with van der Waals surface area (Å²) in [5, 5.41) is 0.899. The summed E-state index contributed by atoms with van der Waals surface area (Å²) in [5.41, 5.74) is 9.12. The van der Waals surface area contributed by atoms with Crippen LogP contribution in [-0.2, 0) is 6.42 Å². The maximum atomic E-state index is 6.44. The van der Waals surface area contributed by atoms with Crippen molar-refractivity contribution in [2.75, 3.05) is 0 Å². The fourth-order valence-electron chi connectivity index (χ4n) is 3.81. The first-order valence-electron chi connectivity index (χ1n) is 7.80. The Labute approximate surface area is 128 Å². The summed E-state index contributed by atoms with van der Waals surface area (Å²) in [7, 11) is 0. The second-order valence-electron chi connectivity index (χ2n) is 7.45. The molecular formula is C18H28ClN. The molecular weight excluding hydrogens is 266 g/mol. The van der Waals surface area contributed by atoms with Crippen molar-refractivity contribution in [2.24, 2.45) is 23.0 Å². The van der Waals surface area contributed by atoms with E-state index in [2.05, 4.69) is 45.9 Å². The van der Waals surface area contributed by atoms with Gasteiger partial charge in [-0.3, -0.25) is 0 Å². The molecule has 1 aliphatic carbocycles. The summed E-state index contributed by atoms with van der Waals surface area (Å²) in [4.78, 5) is 0. The zero-order valence-corrected chi connectivity index (χ0v) is 14.0. The van der Waals surface area contributed by atoms with E-state index in [1.165, 1.54) is 24.0 Å². The molecule has 0 spiro atoms. The highest BCUT2D eigenvalue weighted by Crippen LogP contribution is 2.42. The van der Waals surface area contributed by atoms with Gasteiger partial charge in [0.2, 0.25) is 0 Å². The van der Waals surface area contributed by atoms with Crippen LogP contribution in [0.25, 0.3) is 0 Å². The van der Waals surface area contributed by atoms with E-state index in [1.807, 2.05) is 0 Å². The van der Waals surface area contributed by atoms with Crippen molar-refractivity contribution in [3.05, 3.63) is 34.3 Å². The molecule has 3 unspecified atom stereocenters. The first kappa shape index (κ1) is 15.9. The van der Waals surface area contributed by atoms with Crippen LogP contribution in [0.15, 0.2) is 18.2 Å². The van der Waals surface area contributed by atoms with Gasteiger partial charge < -0.3 is 5.73 Å². The zero-order chi connectivity index (χ0) is 14.9. The first-order valence-corrected chi connectivity index (χ1v) is 8.18. The van der Waals surface area contributed by atoms with Crippen LogP contribution in [0, 0.1) is 24.2 Å². The van der Waals surface area contributed by atoms with E-state index < -0.39 is 0 Å². The molecule has 2 N–H and O–H groups in total. The Bertz CT molecular complexity index is 466. The number of benzene rings is 1. The van der Waals surface area contributed by atoms with Crippen LogP contribution in [0.1, 0.15) is 51.2 Å². The lowest BCUT2D eigenvalue weighted by atomic mass is 9.64. The molecule has 0 saturated heterocycles. The third-order valence-electron chi connectivity index (χ3n) is 5.02. The Morgan fingerprint density at radius 3 is 2.60 bits per heavy atom. The van der Waals surface area contributed by atoms with E-state index in [0.29, 0.717) is 12.0 Å². The Balaban J connectivity index is 2.14. The topological polar surface area (TPSA) is 26.0 Å². The maximum Gasteiger partial charge on any atom is 0.0440 e. The predicted molar refractivity (Wildman–Crippen MR) is 88.2 cm³/mol. The fraction of sp³-hybridized carbons (Fsp3) is 0.667. The van der Waals surface area contributed by atoms with Gasteiger partial charge in [-0.05, 0) is 60.6 Å². The van der Waals surface area contributed by atoms with Crippen molar-refractivity contribution in [1.29, 1.82) is 0 Å². The fourth-order valence-corrected chi connectivity index (χ4v) is 4.11. The van der Waals surface area contributed by atoms with Gasteiger partial charge in [0, 0.05) is 11.1 Å². The van der Waals surface area contributed by atoms with Gasteiger partial charge in [-0.15, -0.1) is 0 Å². The Morgan fingerprint density at radius 1 is 1.30 bits per heavy atom. The highest BCUT2D eigenvalue weighted by Gasteiger charge is 2.37. The Hall–Kier alpha value is -0.530. The minimum Gasteiger partial charge on any atom is -0.327 e. The smallest absolute Gasteiger partial charge is 0.0440 e. The quantitative estimate of drug-likeness (QED) is 0.835. The number of hydrogen-bond donors (Lipinski definition) is 1. The van der Waals surface area contributed by atoms with Crippen LogP contribution in [0.3, 0.4) is 0 Å². The molecule has 1 saturated carbocycles. The second kappa shape index (κ2) is 6.07.